The maximum Gasteiger partial charge on any atom is 0.307 e. The lowest BCUT2D eigenvalue weighted by Crippen LogP contribution is -2.38. The number of aromatic nitrogens is 1. The molecule has 1 amide bonds. The largest absolute Gasteiger partial charge is 0.482 e. The van der Waals surface area contributed by atoms with Gasteiger partial charge >= 0.3 is 5.97 Å². The van der Waals surface area contributed by atoms with E-state index in [1.54, 1.807) is 41.3 Å². The van der Waals surface area contributed by atoms with Gasteiger partial charge in [-0.25, -0.2) is 0 Å². The molecule has 0 spiro atoms. The zero-order valence-corrected chi connectivity index (χ0v) is 15.2. The van der Waals surface area contributed by atoms with Crippen LogP contribution in [0.5, 0.6) is 5.75 Å². The predicted molar refractivity (Wildman–Crippen MR) is 103 cm³/mol. The number of nitrogens with zero attached hydrogens (tertiary/aromatic N) is 1. The minimum absolute atomic E-state index is 0.0289. The molecule has 2 aromatic carbocycles. The topological polar surface area (TPSA) is 99.7 Å². The number of aromatic amines is 1. The van der Waals surface area contributed by atoms with E-state index in [-0.39, 0.29) is 30.4 Å². The monoisotopic (exact) mass is 378 g/mol. The summed E-state index contributed by atoms with van der Waals surface area (Å²) in [7, 11) is 0. The average Bonchev–Trinajstić information content (AvgIpc) is 3.05. The molecule has 0 radical (unpaired) electrons. The highest BCUT2D eigenvalue weighted by Gasteiger charge is 2.27. The summed E-state index contributed by atoms with van der Waals surface area (Å²) in [6.45, 7) is 2.28. The van der Waals surface area contributed by atoms with E-state index in [4.69, 9.17) is 4.74 Å². The molecule has 0 bridgehead atoms. The lowest BCUT2D eigenvalue weighted by molar-refractivity contribution is -0.136. The molecule has 7 nitrogen and oxygen atoms in total. The summed E-state index contributed by atoms with van der Waals surface area (Å²) in [6, 6.07) is 12.1. The number of anilines is 1. The number of H-pyrrole nitrogens is 1. The second kappa shape index (κ2) is 6.84. The first-order chi connectivity index (χ1) is 13.5. The molecule has 2 heterocycles. The van der Waals surface area contributed by atoms with Crippen LogP contribution in [0.1, 0.15) is 28.5 Å². The number of hydrogen-bond acceptors (Lipinski definition) is 4. The van der Waals surface area contributed by atoms with Crippen molar-refractivity contribution in [1.29, 1.82) is 0 Å². The number of likely N-dealkylation sites (N-methyl/N-ethyl adjacent to an activating group) is 1. The summed E-state index contributed by atoms with van der Waals surface area (Å²) in [5.74, 6) is -0.970. The highest BCUT2D eigenvalue weighted by Crippen LogP contribution is 2.34. The molecule has 28 heavy (non-hydrogen) atoms. The number of nitrogens with one attached hydrogen (secondary N) is 1. The van der Waals surface area contributed by atoms with Crippen LogP contribution in [0, 0.1) is 0 Å². The van der Waals surface area contributed by atoms with Crippen molar-refractivity contribution in [2.24, 2.45) is 0 Å². The Labute approximate surface area is 160 Å². The van der Waals surface area contributed by atoms with E-state index in [0.29, 0.717) is 40.0 Å². The second-order valence-electron chi connectivity index (χ2n) is 6.53. The molecule has 1 aromatic heterocycles. The number of aliphatic carboxylic acids is 1. The van der Waals surface area contributed by atoms with Crippen LogP contribution in [-0.2, 0) is 16.0 Å². The Morgan fingerprint density at radius 1 is 1.21 bits per heavy atom. The van der Waals surface area contributed by atoms with Gasteiger partial charge in [0, 0.05) is 28.6 Å². The Morgan fingerprint density at radius 2 is 2.00 bits per heavy atom. The van der Waals surface area contributed by atoms with Crippen LogP contribution < -0.4 is 9.64 Å². The maximum absolute atomic E-state index is 13.2. The zero-order valence-electron chi connectivity index (χ0n) is 15.2. The van der Waals surface area contributed by atoms with Crippen molar-refractivity contribution in [1.82, 2.24) is 4.98 Å². The van der Waals surface area contributed by atoms with Crippen molar-refractivity contribution >= 4 is 34.3 Å². The van der Waals surface area contributed by atoms with Crippen LogP contribution in [0.25, 0.3) is 10.9 Å². The number of carboxylic acid groups (broad SMARTS) is 1. The lowest BCUT2D eigenvalue weighted by atomic mass is 10.0. The fourth-order valence-electron chi connectivity index (χ4n) is 3.56. The zero-order chi connectivity index (χ0) is 19.8. The fraction of sp³-hybridized carbons (Fsp3) is 0.190. The summed E-state index contributed by atoms with van der Waals surface area (Å²) < 4.78 is 5.44. The van der Waals surface area contributed by atoms with Crippen molar-refractivity contribution in [3.63, 3.8) is 0 Å². The molecule has 0 fully saturated rings. The molecule has 0 aliphatic carbocycles. The SMILES string of the molecule is CCN1C(=O)COc2ccc(C(=O)c3[nH]c4ccccc4c3CC(=O)O)cc21. The Bertz CT molecular complexity index is 1120. The third kappa shape index (κ3) is 2.90. The number of carbonyl (C=O) groups excluding carboxylic acids is 2. The third-order valence-corrected chi connectivity index (χ3v) is 4.85. The number of ether oxygens (including phenoxy) is 1. The van der Waals surface area contributed by atoms with Crippen LogP contribution in [0.2, 0.25) is 0 Å². The van der Waals surface area contributed by atoms with Crippen LogP contribution >= 0.6 is 0 Å². The molecular formula is C21H18N2O5. The molecule has 1 aliphatic heterocycles. The Balaban J connectivity index is 1.81. The number of rotatable bonds is 5. The number of hydrogen-bond donors (Lipinski definition) is 2. The van der Waals surface area contributed by atoms with E-state index in [1.165, 1.54) is 0 Å². The summed E-state index contributed by atoms with van der Waals surface area (Å²) >= 11 is 0. The second-order valence-corrected chi connectivity index (χ2v) is 6.53. The van der Waals surface area contributed by atoms with E-state index in [9.17, 15) is 19.5 Å². The molecule has 3 aromatic rings. The summed E-state index contributed by atoms with van der Waals surface area (Å²) in [4.78, 5) is 41.3. The molecule has 0 saturated carbocycles. The molecule has 1 aliphatic rings. The van der Waals surface area contributed by atoms with Gasteiger partial charge in [0.15, 0.2) is 6.61 Å². The predicted octanol–water partition coefficient (Wildman–Crippen LogP) is 2.77. The molecule has 0 saturated heterocycles. The van der Waals surface area contributed by atoms with Crippen LogP contribution in [0.15, 0.2) is 42.5 Å². The van der Waals surface area contributed by atoms with Gasteiger partial charge in [-0.3, -0.25) is 14.4 Å². The standard InChI is InChI=1S/C21H18N2O5/c1-2-23-16-9-12(7-8-17(16)28-11-18(23)24)21(27)20-14(10-19(25)26)13-5-3-4-6-15(13)22-20/h3-9,22H,2,10-11H2,1H3,(H,25,26). The Kier molecular flexibility index (Phi) is 4.35. The van der Waals surface area contributed by atoms with Crippen LogP contribution in [0.3, 0.4) is 0 Å². The Hall–Kier alpha value is -3.61. The summed E-state index contributed by atoms with van der Waals surface area (Å²) in [6.07, 6.45) is -0.265. The summed E-state index contributed by atoms with van der Waals surface area (Å²) in [5.41, 5.74) is 2.29. The van der Waals surface area contributed by atoms with Gasteiger partial charge in [0.25, 0.3) is 5.91 Å². The van der Waals surface area contributed by atoms with Crippen molar-refractivity contribution in [2.75, 3.05) is 18.1 Å². The molecule has 2 N–H and O–H groups in total. The van der Waals surface area contributed by atoms with Gasteiger partial charge in [-0.2, -0.15) is 0 Å². The first-order valence-electron chi connectivity index (χ1n) is 8.93. The lowest BCUT2D eigenvalue weighted by Gasteiger charge is -2.28. The number of ketones is 1. The van der Waals surface area contributed by atoms with Gasteiger partial charge in [-0.1, -0.05) is 18.2 Å². The van der Waals surface area contributed by atoms with Gasteiger partial charge in [0.2, 0.25) is 5.78 Å². The Morgan fingerprint density at radius 3 is 2.75 bits per heavy atom. The molecular weight excluding hydrogens is 360 g/mol. The van der Waals surface area contributed by atoms with E-state index >= 15 is 0 Å². The number of para-hydroxylation sites is 1. The number of benzene rings is 2. The molecule has 142 valence electrons. The number of amides is 1. The van der Waals surface area contributed by atoms with Crippen molar-refractivity contribution in [2.45, 2.75) is 13.3 Å². The van der Waals surface area contributed by atoms with E-state index in [1.807, 2.05) is 13.0 Å². The van der Waals surface area contributed by atoms with Crippen LogP contribution in [0.4, 0.5) is 5.69 Å². The normalized spacial score (nSPS) is 13.3. The minimum atomic E-state index is -1.01. The molecule has 7 heteroatoms. The van der Waals surface area contributed by atoms with E-state index in [0.717, 1.165) is 0 Å². The van der Waals surface area contributed by atoms with Crippen molar-refractivity contribution in [3.8, 4) is 5.75 Å². The van der Waals surface area contributed by atoms with Gasteiger partial charge in [0.05, 0.1) is 17.8 Å². The van der Waals surface area contributed by atoms with Crippen molar-refractivity contribution < 1.29 is 24.2 Å². The highest BCUT2D eigenvalue weighted by molar-refractivity contribution is 6.13. The number of carbonyl (C=O) groups is 3. The van der Waals surface area contributed by atoms with Gasteiger partial charge < -0.3 is 19.7 Å². The van der Waals surface area contributed by atoms with Gasteiger partial charge in [-0.15, -0.1) is 0 Å². The highest BCUT2D eigenvalue weighted by atomic mass is 16.5. The number of carboxylic acids is 1. The van der Waals surface area contributed by atoms with Gasteiger partial charge in [0.1, 0.15) is 5.75 Å². The van der Waals surface area contributed by atoms with E-state index < -0.39 is 5.97 Å². The van der Waals surface area contributed by atoms with Crippen LogP contribution in [-0.4, -0.2) is 40.9 Å². The minimum Gasteiger partial charge on any atom is -0.482 e. The average molecular weight is 378 g/mol. The summed E-state index contributed by atoms with van der Waals surface area (Å²) in [5, 5.41) is 10.00. The third-order valence-electron chi connectivity index (χ3n) is 4.85. The molecule has 4 rings (SSSR count). The first kappa shape index (κ1) is 17.8. The molecule has 0 atom stereocenters. The first-order valence-corrected chi connectivity index (χ1v) is 8.93. The van der Waals surface area contributed by atoms with Crippen molar-refractivity contribution in [3.05, 3.63) is 59.3 Å². The molecule has 0 unspecified atom stereocenters. The van der Waals surface area contributed by atoms with E-state index in [2.05, 4.69) is 4.98 Å². The quantitative estimate of drug-likeness (QED) is 0.665. The number of fused-ring (bicyclic) bond motifs is 2. The maximum atomic E-state index is 13.2. The smallest absolute Gasteiger partial charge is 0.307 e. The van der Waals surface area contributed by atoms with Gasteiger partial charge in [-0.05, 0) is 31.2 Å². The fourth-order valence-corrected chi connectivity index (χ4v) is 3.56.